The average molecular weight is 530 g/mol. The molecule has 0 aliphatic carbocycles. The SMILES string of the molecule is CCOC(=O)/C=C/c1ccc(C(c2ccsc2)n2[nH]c(=O)c(Sc3ccccc3Cl)c2[O-])cc1.[NH4+]. The minimum atomic E-state index is -0.518. The van der Waals surface area contributed by atoms with E-state index in [1.54, 1.807) is 37.3 Å². The van der Waals surface area contributed by atoms with Gasteiger partial charge in [0.1, 0.15) is 0 Å². The molecule has 5 N–H and O–H groups in total. The van der Waals surface area contributed by atoms with E-state index < -0.39 is 23.5 Å². The van der Waals surface area contributed by atoms with Crippen molar-refractivity contribution in [1.82, 2.24) is 15.9 Å². The van der Waals surface area contributed by atoms with Gasteiger partial charge < -0.3 is 16.0 Å². The van der Waals surface area contributed by atoms with Crippen molar-refractivity contribution in [2.24, 2.45) is 0 Å². The van der Waals surface area contributed by atoms with Crippen molar-refractivity contribution in [2.75, 3.05) is 6.61 Å². The predicted molar refractivity (Wildman–Crippen MR) is 140 cm³/mol. The summed E-state index contributed by atoms with van der Waals surface area (Å²) in [6.45, 7) is 2.06. The molecule has 182 valence electrons. The summed E-state index contributed by atoms with van der Waals surface area (Å²) in [7, 11) is 0. The Morgan fingerprint density at radius 2 is 1.94 bits per heavy atom. The number of esters is 1. The van der Waals surface area contributed by atoms with Crippen molar-refractivity contribution in [3.63, 3.8) is 0 Å². The molecule has 0 bridgehead atoms. The Hall–Kier alpha value is -3.24. The van der Waals surface area contributed by atoms with Crippen molar-refractivity contribution in [3.8, 4) is 5.88 Å². The van der Waals surface area contributed by atoms with Crippen LogP contribution < -0.4 is 16.8 Å². The second-order valence-electron chi connectivity index (χ2n) is 7.19. The number of benzene rings is 2. The van der Waals surface area contributed by atoms with Crippen LogP contribution in [0.3, 0.4) is 0 Å². The van der Waals surface area contributed by atoms with Gasteiger partial charge in [0.05, 0.1) is 22.6 Å². The highest BCUT2D eigenvalue weighted by Crippen LogP contribution is 2.37. The Kier molecular flexibility index (Phi) is 9.00. The van der Waals surface area contributed by atoms with Crippen molar-refractivity contribution in [1.29, 1.82) is 0 Å². The Morgan fingerprint density at radius 1 is 1.20 bits per heavy atom. The molecule has 2 aromatic heterocycles. The molecule has 0 saturated carbocycles. The van der Waals surface area contributed by atoms with Gasteiger partial charge in [-0.25, -0.2) is 4.79 Å². The van der Waals surface area contributed by atoms with E-state index in [0.29, 0.717) is 16.5 Å². The number of H-pyrrole nitrogens is 1. The number of quaternary nitrogens is 1. The quantitative estimate of drug-likeness (QED) is 0.223. The fourth-order valence-electron chi connectivity index (χ4n) is 3.39. The summed E-state index contributed by atoms with van der Waals surface area (Å²) in [5, 5.41) is 20.4. The van der Waals surface area contributed by atoms with Crippen LogP contribution in [0.2, 0.25) is 5.02 Å². The Bertz CT molecular complexity index is 1360. The maximum absolute atomic E-state index is 13.3. The number of rotatable bonds is 8. The monoisotopic (exact) mass is 529 g/mol. The maximum atomic E-state index is 13.3. The number of halogens is 1. The van der Waals surface area contributed by atoms with Gasteiger partial charge in [0.2, 0.25) is 0 Å². The topological polar surface area (TPSA) is 124 Å². The highest BCUT2D eigenvalue weighted by molar-refractivity contribution is 7.99. The number of aromatic nitrogens is 2. The highest BCUT2D eigenvalue weighted by atomic mass is 35.5. The molecular weight excluding hydrogens is 506 g/mol. The van der Waals surface area contributed by atoms with Gasteiger partial charge in [-0.05, 0) is 58.6 Å². The van der Waals surface area contributed by atoms with Gasteiger partial charge in [-0.15, -0.1) is 0 Å². The molecule has 0 fully saturated rings. The average Bonchev–Trinajstić information content (AvgIpc) is 3.45. The van der Waals surface area contributed by atoms with Gasteiger partial charge in [0.15, 0.2) is 0 Å². The number of aromatic amines is 1. The van der Waals surface area contributed by atoms with Crippen molar-refractivity contribution in [3.05, 3.63) is 104 Å². The Balaban J connectivity index is 0.00000342. The standard InChI is InChI=1S/C25H21ClN2O4S2.H3N/c1-2-32-21(29)12-9-16-7-10-17(11-8-16)22(18-13-14-33-15-18)28-25(31)23(24(30)27-28)34-20-6-4-3-5-19(20)26;/h3-15,22,31H,2H2,1H3,(H,27,30);1H3/b12-9+;. The Labute approximate surface area is 215 Å². The third kappa shape index (κ3) is 6.07. The van der Waals surface area contributed by atoms with Crippen LogP contribution in [0, 0.1) is 0 Å². The second-order valence-corrected chi connectivity index (χ2v) is 9.43. The van der Waals surface area contributed by atoms with Crippen LogP contribution in [-0.2, 0) is 9.53 Å². The number of thiophene rings is 1. The third-order valence-electron chi connectivity index (χ3n) is 4.96. The van der Waals surface area contributed by atoms with Gasteiger partial charge in [-0.2, -0.15) is 11.3 Å². The maximum Gasteiger partial charge on any atom is 0.330 e. The van der Waals surface area contributed by atoms with Crippen LogP contribution in [0.15, 0.2) is 86.0 Å². The minimum absolute atomic E-state index is 0. The summed E-state index contributed by atoms with van der Waals surface area (Å²) in [6.07, 6.45) is 3.03. The summed E-state index contributed by atoms with van der Waals surface area (Å²) in [5.74, 6) is -0.829. The lowest BCUT2D eigenvalue weighted by Crippen LogP contribution is -2.17. The van der Waals surface area contributed by atoms with E-state index in [2.05, 4.69) is 5.10 Å². The number of nitrogens with one attached hydrogen (secondary N) is 1. The molecule has 0 saturated heterocycles. The van der Waals surface area contributed by atoms with Crippen LogP contribution in [0.1, 0.15) is 29.7 Å². The fraction of sp³-hybridized carbons (Fsp3) is 0.120. The molecule has 4 aromatic rings. The number of hydrogen-bond donors (Lipinski definition) is 2. The molecule has 2 heterocycles. The second kappa shape index (κ2) is 11.9. The molecule has 0 amide bonds. The summed E-state index contributed by atoms with van der Waals surface area (Å²) >= 11 is 8.79. The summed E-state index contributed by atoms with van der Waals surface area (Å²) in [5.41, 5.74) is 2.02. The van der Waals surface area contributed by atoms with Crippen LogP contribution in [0.25, 0.3) is 6.08 Å². The van der Waals surface area contributed by atoms with E-state index in [4.69, 9.17) is 16.3 Å². The van der Waals surface area contributed by atoms with Gasteiger partial charge in [0, 0.05) is 16.9 Å². The van der Waals surface area contributed by atoms with Crippen LogP contribution >= 0.6 is 34.7 Å². The summed E-state index contributed by atoms with van der Waals surface area (Å²) in [4.78, 5) is 25.0. The molecular formula is C25H24ClN3O4S2. The first kappa shape index (κ1) is 26.4. The fourth-order valence-corrected chi connectivity index (χ4v) is 5.18. The molecule has 35 heavy (non-hydrogen) atoms. The lowest BCUT2D eigenvalue weighted by molar-refractivity contribution is -0.284. The van der Waals surface area contributed by atoms with Gasteiger partial charge in [0.25, 0.3) is 5.56 Å². The highest BCUT2D eigenvalue weighted by Gasteiger charge is 2.21. The van der Waals surface area contributed by atoms with E-state index in [-0.39, 0.29) is 11.0 Å². The van der Waals surface area contributed by atoms with Crippen molar-refractivity contribution in [2.45, 2.75) is 22.8 Å². The lowest BCUT2D eigenvalue weighted by Gasteiger charge is -2.23. The number of ether oxygens (including phenoxy) is 1. The molecule has 7 nitrogen and oxygen atoms in total. The van der Waals surface area contributed by atoms with Crippen LogP contribution in [-0.4, -0.2) is 22.4 Å². The molecule has 10 heteroatoms. The normalized spacial score (nSPS) is 11.8. The first-order valence-electron chi connectivity index (χ1n) is 10.4. The van der Waals surface area contributed by atoms with Gasteiger partial charge in [-0.1, -0.05) is 59.8 Å². The molecule has 0 aliphatic rings. The molecule has 4 rings (SSSR count). The molecule has 1 unspecified atom stereocenters. The number of carbonyl (C=O) groups is 1. The molecule has 0 aliphatic heterocycles. The van der Waals surface area contributed by atoms with E-state index in [0.717, 1.165) is 28.5 Å². The third-order valence-corrected chi connectivity index (χ3v) is 7.24. The van der Waals surface area contributed by atoms with E-state index >= 15 is 0 Å². The Morgan fingerprint density at radius 3 is 2.60 bits per heavy atom. The van der Waals surface area contributed by atoms with Gasteiger partial charge >= 0.3 is 5.97 Å². The molecule has 0 spiro atoms. The molecule has 1 atom stereocenters. The van der Waals surface area contributed by atoms with Gasteiger partial charge in [-0.3, -0.25) is 14.6 Å². The first-order valence-corrected chi connectivity index (χ1v) is 12.5. The number of nitrogens with zero attached hydrogens (tertiary/aromatic N) is 1. The van der Waals surface area contributed by atoms with E-state index in [1.165, 1.54) is 22.1 Å². The first-order chi connectivity index (χ1) is 16.5. The molecule has 2 aromatic carbocycles. The smallest absolute Gasteiger partial charge is 0.330 e. The lowest BCUT2D eigenvalue weighted by atomic mass is 10.00. The van der Waals surface area contributed by atoms with Crippen LogP contribution in [0.5, 0.6) is 5.88 Å². The summed E-state index contributed by atoms with van der Waals surface area (Å²) < 4.78 is 6.26. The van der Waals surface area contributed by atoms with Crippen LogP contribution in [0.4, 0.5) is 0 Å². The number of carbonyl (C=O) groups excluding carboxylic acids is 1. The minimum Gasteiger partial charge on any atom is -0.858 e. The largest absolute Gasteiger partial charge is 0.858 e. The van der Waals surface area contributed by atoms with Crippen molar-refractivity contribution < 1.29 is 14.6 Å². The zero-order valence-corrected chi connectivity index (χ0v) is 21.5. The predicted octanol–water partition coefficient (Wildman–Crippen LogP) is 5.71. The van der Waals surface area contributed by atoms with E-state index in [1.807, 2.05) is 41.1 Å². The number of hydrogen-bond acceptors (Lipinski definition) is 6. The molecule has 0 radical (unpaired) electrons. The zero-order chi connectivity index (χ0) is 24.1. The summed E-state index contributed by atoms with van der Waals surface area (Å²) in [6, 6.07) is 15.9. The zero-order valence-electron chi connectivity index (χ0n) is 19.1. The van der Waals surface area contributed by atoms with Crippen molar-refractivity contribution >= 4 is 46.7 Å². The van der Waals surface area contributed by atoms with E-state index in [9.17, 15) is 14.7 Å².